The number of ether oxygens (including phenoxy) is 2. The maximum absolute atomic E-state index is 15.2. The molecule has 0 spiro atoms. The fourth-order valence-electron chi connectivity index (χ4n) is 6.61. The number of nitrogens with one attached hydrogen (secondary N) is 1. The van der Waals surface area contributed by atoms with Crippen LogP contribution in [-0.4, -0.2) is 54.4 Å². The number of carbonyl (C=O) groups excluding carboxylic acids is 1. The van der Waals surface area contributed by atoms with Crippen LogP contribution in [0.1, 0.15) is 49.1 Å². The largest absolute Gasteiger partial charge is 0.496 e. The molecule has 0 radical (unpaired) electrons. The van der Waals surface area contributed by atoms with Gasteiger partial charge in [0.1, 0.15) is 11.8 Å². The van der Waals surface area contributed by atoms with E-state index in [1.54, 1.807) is 51.1 Å². The van der Waals surface area contributed by atoms with Crippen LogP contribution in [0.25, 0.3) is 0 Å². The van der Waals surface area contributed by atoms with E-state index in [-0.39, 0.29) is 17.9 Å². The number of hydrogen-bond donors (Lipinski definition) is 2. The van der Waals surface area contributed by atoms with Gasteiger partial charge >= 0.3 is 18.3 Å². The Balaban J connectivity index is 1.96. The summed E-state index contributed by atoms with van der Waals surface area (Å²) in [7, 11) is 2.01. The van der Waals surface area contributed by atoms with Gasteiger partial charge < -0.3 is 24.8 Å². The molecule has 1 amide bonds. The first kappa shape index (κ1) is 35.7. The number of amides is 1. The van der Waals surface area contributed by atoms with Crippen LogP contribution < -0.4 is 10.1 Å². The molecule has 1 fully saturated rings. The molecule has 1 saturated heterocycles. The lowest BCUT2D eigenvalue weighted by Crippen LogP contribution is -2.60. The van der Waals surface area contributed by atoms with Crippen LogP contribution in [0.4, 0.5) is 26.3 Å². The maximum Gasteiger partial charge on any atom is 0.430 e. The molecule has 5 atom stereocenters. The Bertz CT molecular complexity index is 1560. The van der Waals surface area contributed by atoms with E-state index in [0.717, 1.165) is 42.3 Å². The van der Waals surface area contributed by atoms with E-state index in [1.807, 2.05) is 0 Å². The highest BCUT2D eigenvalue weighted by atomic mass is 19.4. The summed E-state index contributed by atoms with van der Waals surface area (Å²) in [6.07, 6.45) is -10.0. The second-order valence-corrected chi connectivity index (χ2v) is 12.4. The molecule has 1 heterocycles. The molecule has 7 nitrogen and oxygen atoms in total. The number of hydrogen-bond acceptors (Lipinski definition) is 5. The second-order valence-electron chi connectivity index (χ2n) is 12.4. The van der Waals surface area contributed by atoms with Crippen molar-refractivity contribution >= 4 is 11.9 Å². The summed E-state index contributed by atoms with van der Waals surface area (Å²) in [6, 6.07) is 12.9. The van der Waals surface area contributed by atoms with Crippen LogP contribution >= 0.6 is 0 Å². The highest BCUT2D eigenvalue weighted by Crippen LogP contribution is 2.52. The van der Waals surface area contributed by atoms with Crippen LogP contribution in [0.2, 0.25) is 0 Å². The Morgan fingerprint density at radius 3 is 1.89 bits per heavy atom. The van der Waals surface area contributed by atoms with Gasteiger partial charge in [-0.2, -0.15) is 26.3 Å². The van der Waals surface area contributed by atoms with Gasteiger partial charge in [-0.25, -0.2) is 4.79 Å². The molecule has 1 aliphatic heterocycles. The van der Waals surface area contributed by atoms with Crippen LogP contribution in [-0.2, 0) is 32.6 Å². The van der Waals surface area contributed by atoms with Crippen LogP contribution in [0.15, 0.2) is 78.9 Å². The molecule has 2 N–H and O–H groups in total. The molecule has 3 aromatic carbocycles. The zero-order chi connectivity index (χ0) is 34.9. The molecule has 0 unspecified atom stereocenters. The van der Waals surface area contributed by atoms with Gasteiger partial charge in [0.15, 0.2) is 0 Å². The summed E-state index contributed by atoms with van der Waals surface area (Å²) in [5.74, 6) is -4.14. The standard InChI is InChI=1S/C34H36F6N2O5/c1-31(2,3)25-26(41-19-21-18-23(33(35,36)37)16-17-24(21)46-4)27(20-12-8-6-9-13-20)42(28(25)29(43)44)30(45)32(47-5,34(38,39)40)22-14-10-7-11-15-22/h6-18,25-28,41H,19H2,1-5H3,(H,43,44)/t25-,26-,27-,28-,32-/m1/s1. The third-order valence-electron chi connectivity index (χ3n) is 8.62. The predicted octanol–water partition coefficient (Wildman–Crippen LogP) is 6.98. The quantitative estimate of drug-likeness (QED) is 0.240. The second kappa shape index (κ2) is 13.2. The van der Waals surface area contributed by atoms with Crippen molar-refractivity contribution in [3.8, 4) is 5.75 Å². The molecule has 0 aromatic heterocycles. The first-order chi connectivity index (χ1) is 21.9. The number of methoxy groups -OCH3 is 2. The lowest BCUT2D eigenvalue weighted by atomic mass is 9.72. The number of carboxylic acids is 1. The molecule has 254 valence electrons. The molecule has 1 aliphatic rings. The van der Waals surface area contributed by atoms with Crippen molar-refractivity contribution in [3.63, 3.8) is 0 Å². The fraction of sp³-hybridized carbons (Fsp3) is 0.412. The Kier molecular flexibility index (Phi) is 10.0. The zero-order valence-electron chi connectivity index (χ0n) is 26.3. The summed E-state index contributed by atoms with van der Waals surface area (Å²) < 4.78 is 96.9. The minimum atomic E-state index is -5.33. The molecular formula is C34H36F6N2O5. The minimum absolute atomic E-state index is 0.0734. The summed E-state index contributed by atoms with van der Waals surface area (Å²) in [4.78, 5) is 28.5. The lowest BCUT2D eigenvalue weighted by Gasteiger charge is -2.40. The SMILES string of the molecule is COc1ccc(C(F)(F)F)cc1CN[C@@H]1[C@@H](C(C)(C)C)[C@H](C(=O)O)N(C(=O)[C@](OC)(c2ccccc2)C(F)(F)F)[C@@H]1c1ccccc1. The Morgan fingerprint density at radius 1 is 0.851 bits per heavy atom. The van der Waals surface area contributed by atoms with E-state index < -0.39 is 70.4 Å². The molecule has 4 rings (SSSR count). The van der Waals surface area contributed by atoms with Crippen molar-refractivity contribution in [2.75, 3.05) is 14.2 Å². The van der Waals surface area contributed by atoms with E-state index in [9.17, 15) is 27.9 Å². The molecule has 13 heteroatoms. The van der Waals surface area contributed by atoms with Crippen molar-refractivity contribution in [3.05, 3.63) is 101 Å². The average Bonchev–Trinajstić information content (AvgIpc) is 3.36. The number of rotatable bonds is 9. The van der Waals surface area contributed by atoms with Gasteiger partial charge in [0.25, 0.3) is 11.5 Å². The Morgan fingerprint density at radius 2 is 1.43 bits per heavy atom. The fourth-order valence-corrected chi connectivity index (χ4v) is 6.61. The van der Waals surface area contributed by atoms with E-state index in [2.05, 4.69) is 5.32 Å². The average molecular weight is 667 g/mol. The van der Waals surface area contributed by atoms with Crippen molar-refractivity contribution < 1.29 is 50.5 Å². The summed E-state index contributed by atoms with van der Waals surface area (Å²) >= 11 is 0. The zero-order valence-corrected chi connectivity index (χ0v) is 26.3. The first-order valence-corrected chi connectivity index (χ1v) is 14.7. The summed E-state index contributed by atoms with van der Waals surface area (Å²) in [5.41, 5.74) is -5.66. The molecule has 0 bridgehead atoms. The third kappa shape index (κ3) is 6.68. The van der Waals surface area contributed by atoms with Gasteiger partial charge in [-0.05, 0) is 29.2 Å². The van der Waals surface area contributed by atoms with Gasteiger partial charge in [0.05, 0.1) is 18.7 Å². The highest BCUT2D eigenvalue weighted by molar-refractivity contribution is 5.92. The van der Waals surface area contributed by atoms with Gasteiger partial charge in [-0.15, -0.1) is 0 Å². The van der Waals surface area contributed by atoms with Crippen molar-refractivity contribution in [2.45, 2.75) is 63.4 Å². The van der Waals surface area contributed by atoms with E-state index >= 15 is 13.2 Å². The number of alkyl halides is 6. The number of likely N-dealkylation sites (tertiary alicyclic amines) is 1. The van der Waals surface area contributed by atoms with Crippen molar-refractivity contribution in [2.24, 2.45) is 11.3 Å². The van der Waals surface area contributed by atoms with Crippen molar-refractivity contribution in [1.29, 1.82) is 0 Å². The van der Waals surface area contributed by atoms with Gasteiger partial charge in [0.2, 0.25) is 0 Å². The van der Waals surface area contributed by atoms with Crippen molar-refractivity contribution in [1.82, 2.24) is 10.2 Å². The number of halogens is 6. The Hall–Kier alpha value is -4.10. The first-order valence-electron chi connectivity index (χ1n) is 14.7. The number of aliphatic carboxylic acids is 1. The van der Waals surface area contributed by atoms with Gasteiger partial charge in [-0.3, -0.25) is 4.79 Å². The summed E-state index contributed by atoms with van der Waals surface area (Å²) in [5, 5.41) is 13.8. The van der Waals surface area contributed by atoms with Gasteiger partial charge in [-0.1, -0.05) is 81.4 Å². The molecular weight excluding hydrogens is 630 g/mol. The monoisotopic (exact) mass is 666 g/mol. The number of nitrogens with zero attached hydrogens (tertiary/aromatic N) is 1. The van der Waals surface area contributed by atoms with E-state index in [4.69, 9.17) is 9.47 Å². The smallest absolute Gasteiger partial charge is 0.430 e. The van der Waals surface area contributed by atoms with Crippen LogP contribution in [0.3, 0.4) is 0 Å². The highest BCUT2D eigenvalue weighted by Gasteiger charge is 2.68. The van der Waals surface area contributed by atoms with E-state index in [1.165, 1.54) is 25.3 Å². The molecule has 3 aromatic rings. The summed E-state index contributed by atoms with van der Waals surface area (Å²) in [6.45, 7) is 4.77. The topological polar surface area (TPSA) is 88.1 Å². The maximum atomic E-state index is 15.2. The molecule has 0 saturated carbocycles. The minimum Gasteiger partial charge on any atom is -0.496 e. The van der Waals surface area contributed by atoms with E-state index in [0.29, 0.717) is 5.56 Å². The third-order valence-corrected chi connectivity index (χ3v) is 8.62. The normalized spacial score (nSPS) is 21.7. The number of carboxylic acid groups (broad SMARTS) is 1. The Labute approximate surface area is 268 Å². The predicted molar refractivity (Wildman–Crippen MR) is 160 cm³/mol. The molecule has 47 heavy (non-hydrogen) atoms. The lowest BCUT2D eigenvalue weighted by molar-refractivity contribution is -0.271. The van der Waals surface area contributed by atoms with Gasteiger partial charge in [0, 0.05) is 36.7 Å². The van der Waals surface area contributed by atoms with Crippen LogP contribution in [0.5, 0.6) is 5.75 Å². The molecule has 0 aliphatic carbocycles. The number of benzene rings is 3. The van der Waals surface area contributed by atoms with Crippen LogP contribution in [0, 0.1) is 11.3 Å². The number of carbonyl (C=O) groups is 2.